The van der Waals surface area contributed by atoms with Gasteiger partial charge in [-0.15, -0.1) is 0 Å². The van der Waals surface area contributed by atoms with Crippen molar-refractivity contribution in [1.82, 2.24) is 5.32 Å². The normalized spacial score (nSPS) is 11.5. The number of sulfonamides is 1. The van der Waals surface area contributed by atoms with E-state index in [9.17, 15) is 18.0 Å². The molecule has 2 N–H and O–H groups in total. The first-order valence-electron chi connectivity index (χ1n) is 14.0. The van der Waals surface area contributed by atoms with Crippen molar-refractivity contribution in [3.05, 3.63) is 41.5 Å². The van der Waals surface area contributed by atoms with Gasteiger partial charge in [-0.25, -0.2) is 13.2 Å². The molecule has 0 aliphatic heterocycles. The van der Waals surface area contributed by atoms with E-state index in [0.29, 0.717) is 6.54 Å². The highest BCUT2D eigenvalue weighted by atomic mass is 32.2. The molecule has 1 rings (SSSR count). The van der Waals surface area contributed by atoms with Gasteiger partial charge in [-0.3, -0.25) is 9.52 Å². The van der Waals surface area contributed by atoms with E-state index in [1.807, 2.05) is 0 Å². The lowest BCUT2D eigenvalue weighted by molar-refractivity contribution is 0.0601. The number of esters is 1. The molecule has 0 fully saturated rings. The monoisotopic (exact) mass is 536 g/mol. The number of carbonyl (C=O) groups excluding carboxylic acids is 2. The molecule has 0 aliphatic carbocycles. The minimum absolute atomic E-state index is 0.0404. The number of allylic oxidation sites excluding steroid dienone is 2. The molecule has 8 heteroatoms. The number of hydrogen-bond donors (Lipinski definition) is 2. The fourth-order valence-electron chi connectivity index (χ4n) is 3.97. The molecule has 7 nitrogen and oxygen atoms in total. The third-order valence-corrected chi connectivity index (χ3v) is 7.60. The maximum absolute atomic E-state index is 12.5. The van der Waals surface area contributed by atoms with Crippen LogP contribution in [0.3, 0.4) is 0 Å². The molecule has 37 heavy (non-hydrogen) atoms. The van der Waals surface area contributed by atoms with Gasteiger partial charge >= 0.3 is 5.97 Å². The maximum Gasteiger partial charge on any atom is 0.339 e. The number of unbranched alkanes of at least 4 members (excludes halogenated alkanes) is 12. The first kappa shape index (κ1) is 32.7. The van der Waals surface area contributed by atoms with E-state index in [1.54, 1.807) is 0 Å². The van der Waals surface area contributed by atoms with Crippen molar-refractivity contribution in [2.24, 2.45) is 0 Å². The second-order valence-corrected chi connectivity index (χ2v) is 11.5. The molecule has 1 amide bonds. The summed E-state index contributed by atoms with van der Waals surface area (Å²) in [4.78, 5) is 24.5. The van der Waals surface area contributed by atoms with Crippen LogP contribution in [0.1, 0.15) is 124 Å². The van der Waals surface area contributed by atoms with Gasteiger partial charge in [0.25, 0.3) is 5.91 Å². The highest BCUT2D eigenvalue weighted by Crippen LogP contribution is 2.21. The molecular formula is C29H48N2O5S. The van der Waals surface area contributed by atoms with Gasteiger partial charge in [0.1, 0.15) is 0 Å². The standard InChI is InChI=1S/C29H48N2O5S/c1-4-6-7-8-9-10-11-12-13-14-15-16-17-18-19-20-23-30-28(32)25-21-22-26(29(33)36-3)27(24-25)31-37(34,35)5-2/h12-13,21-22,24,31H,4-11,14-20,23H2,1-3H3,(H,30,32)/b13-12-. The zero-order valence-electron chi connectivity index (χ0n) is 23.1. The van der Waals surface area contributed by atoms with E-state index < -0.39 is 16.0 Å². The van der Waals surface area contributed by atoms with Gasteiger partial charge in [-0.1, -0.05) is 76.9 Å². The Labute approximate surface area is 224 Å². The third kappa shape index (κ3) is 14.8. The number of carbonyl (C=O) groups is 2. The molecule has 0 saturated heterocycles. The number of hydrogen-bond acceptors (Lipinski definition) is 5. The minimum Gasteiger partial charge on any atom is -0.465 e. The van der Waals surface area contributed by atoms with E-state index in [2.05, 4.69) is 29.1 Å². The molecule has 0 unspecified atom stereocenters. The van der Waals surface area contributed by atoms with Crippen LogP contribution in [0.2, 0.25) is 0 Å². The summed E-state index contributed by atoms with van der Waals surface area (Å²) in [5.74, 6) is -1.13. The molecule has 1 aromatic rings. The van der Waals surface area contributed by atoms with E-state index in [-0.39, 0.29) is 28.5 Å². The van der Waals surface area contributed by atoms with Crippen LogP contribution >= 0.6 is 0 Å². The summed E-state index contributed by atoms with van der Waals surface area (Å²) >= 11 is 0. The van der Waals surface area contributed by atoms with Gasteiger partial charge in [0, 0.05) is 12.1 Å². The van der Waals surface area contributed by atoms with Crippen LogP contribution < -0.4 is 10.0 Å². The highest BCUT2D eigenvalue weighted by Gasteiger charge is 2.18. The molecule has 0 aliphatic rings. The zero-order valence-corrected chi connectivity index (χ0v) is 24.0. The van der Waals surface area contributed by atoms with Gasteiger partial charge in [0.05, 0.1) is 24.1 Å². The van der Waals surface area contributed by atoms with Gasteiger partial charge < -0.3 is 10.1 Å². The molecule has 0 heterocycles. The molecule has 210 valence electrons. The fourth-order valence-corrected chi connectivity index (χ4v) is 4.62. The summed E-state index contributed by atoms with van der Waals surface area (Å²) in [5.41, 5.74) is 0.383. The fraction of sp³-hybridized carbons (Fsp3) is 0.655. The maximum atomic E-state index is 12.5. The van der Waals surface area contributed by atoms with Gasteiger partial charge in [-0.05, 0) is 57.2 Å². The predicted molar refractivity (Wildman–Crippen MR) is 153 cm³/mol. The van der Waals surface area contributed by atoms with Crippen molar-refractivity contribution in [3.63, 3.8) is 0 Å². The zero-order chi connectivity index (χ0) is 27.4. The highest BCUT2D eigenvalue weighted by molar-refractivity contribution is 7.92. The summed E-state index contributed by atoms with van der Waals surface area (Å²) in [6.07, 6.45) is 21.9. The molecule has 0 bridgehead atoms. The Bertz CT molecular complexity index is 928. The third-order valence-electron chi connectivity index (χ3n) is 6.31. The van der Waals surface area contributed by atoms with Crippen molar-refractivity contribution in [3.8, 4) is 0 Å². The predicted octanol–water partition coefficient (Wildman–Crippen LogP) is 7.00. The molecule has 0 spiro atoms. The summed E-state index contributed by atoms with van der Waals surface area (Å²) in [5, 5.41) is 2.87. The lowest BCUT2D eigenvalue weighted by atomic mass is 10.1. The summed E-state index contributed by atoms with van der Waals surface area (Å²) in [7, 11) is -2.40. The van der Waals surface area contributed by atoms with Crippen LogP contribution in [0.15, 0.2) is 30.4 Å². The Balaban J connectivity index is 2.23. The molecular weight excluding hydrogens is 488 g/mol. The number of benzene rings is 1. The van der Waals surface area contributed by atoms with Gasteiger partial charge in [0.2, 0.25) is 10.0 Å². The van der Waals surface area contributed by atoms with Gasteiger partial charge in [-0.2, -0.15) is 0 Å². The lowest BCUT2D eigenvalue weighted by Crippen LogP contribution is -2.25. The Hall–Kier alpha value is -2.35. The number of methoxy groups -OCH3 is 1. The lowest BCUT2D eigenvalue weighted by Gasteiger charge is -2.12. The number of ether oxygens (including phenoxy) is 1. The van der Waals surface area contributed by atoms with Crippen molar-refractivity contribution < 1.29 is 22.7 Å². The van der Waals surface area contributed by atoms with Gasteiger partial charge in [0.15, 0.2) is 0 Å². The van der Waals surface area contributed by atoms with Crippen LogP contribution in [0.4, 0.5) is 5.69 Å². The van der Waals surface area contributed by atoms with Crippen LogP contribution in [0.5, 0.6) is 0 Å². The van der Waals surface area contributed by atoms with Crippen LogP contribution in [-0.4, -0.2) is 39.7 Å². The number of amides is 1. The second-order valence-electron chi connectivity index (χ2n) is 9.45. The molecule has 0 aromatic heterocycles. The number of anilines is 1. The molecule has 0 saturated carbocycles. The van der Waals surface area contributed by atoms with E-state index in [4.69, 9.17) is 4.74 Å². The first-order valence-corrected chi connectivity index (χ1v) is 15.7. The van der Waals surface area contributed by atoms with Crippen molar-refractivity contribution in [1.29, 1.82) is 0 Å². The van der Waals surface area contributed by atoms with Crippen molar-refractivity contribution in [2.45, 2.75) is 104 Å². The van der Waals surface area contributed by atoms with E-state index >= 15 is 0 Å². The summed E-state index contributed by atoms with van der Waals surface area (Å²) in [6.45, 7) is 4.29. The van der Waals surface area contributed by atoms with Crippen molar-refractivity contribution >= 4 is 27.6 Å². The summed E-state index contributed by atoms with van der Waals surface area (Å²) in [6, 6.07) is 4.27. The Kier molecular flexibility index (Phi) is 17.4. The Morgan fingerprint density at radius 3 is 1.97 bits per heavy atom. The topological polar surface area (TPSA) is 102 Å². The Morgan fingerprint density at radius 1 is 0.838 bits per heavy atom. The van der Waals surface area contributed by atoms with Crippen molar-refractivity contribution in [2.75, 3.05) is 24.1 Å². The molecule has 0 radical (unpaired) electrons. The minimum atomic E-state index is -3.62. The smallest absolute Gasteiger partial charge is 0.339 e. The second kappa shape index (κ2) is 19.7. The largest absolute Gasteiger partial charge is 0.465 e. The SMILES string of the molecule is CCCCCCCC/C=C\CCCCCCCCNC(=O)c1ccc(C(=O)OC)c(NS(=O)(=O)CC)c1. The number of nitrogens with one attached hydrogen (secondary N) is 2. The van der Waals surface area contributed by atoms with Crippen LogP contribution in [0, 0.1) is 0 Å². The quantitative estimate of drug-likeness (QED) is 0.100. The van der Waals surface area contributed by atoms with Crippen LogP contribution in [0.25, 0.3) is 0 Å². The average molecular weight is 537 g/mol. The summed E-state index contributed by atoms with van der Waals surface area (Å²) < 4.78 is 31.1. The molecule has 0 atom stereocenters. The molecule has 1 aromatic carbocycles. The first-order chi connectivity index (χ1) is 17.8. The van der Waals surface area contributed by atoms with Crippen LogP contribution in [-0.2, 0) is 14.8 Å². The van der Waals surface area contributed by atoms with E-state index in [0.717, 1.165) is 25.7 Å². The Morgan fingerprint density at radius 2 is 1.41 bits per heavy atom. The number of rotatable bonds is 21. The van der Waals surface area contributed by atoms with E-state index in [1.165, 1.54) is 96.4 Å². The average Bonchev–Trinajstić information content (AvgIpc) is 2.89.